The molecule has 2 aromatic rings. The number of benzene rings is 2. The molecule has 5 nitrogen and oxygen atoms in total. The van der Waals surface area contributed by atoms with Gasteiger partial charge in [-0.3, -0.25) is 0 Å². The Labute approximate surface area is 159 Å². The lowest BCUT2D eigenvalue weighted by Gasteiger charge is -2.38. The van der Waals surface area contributed by atoms with Crippen molar-refractivity contribution >= 4 is 11.7 Å². The largest absolute Gasteiger partial charge is 0.478 e. The van der Waals surface area contributed by atoms with Gasteiger partial charge in [0.05, 0.1) is 0 Å². The number of carboxylic acids is 1. The Morgan fingerprint density at radius 1 is 1.15 bits per heavy atom. The van der Waals surface area contributed by atoms with Crippen LogP contribution in [0.25, 0.3) is 0 Å². The van der Waals surface area contributed by atoms with Crippen molar-refractivity contribution in [1.29, 1.82) is 10.5 Å². The van der Waals surface area contributed by atoms with Crippen LogP contribution in [0.4, 0.5) is 5.69 Å². The smallest absolute Gasteiger partial charge is 0.327 e. The monoisotopic (exact) mass is 359 g/mol. The minimum Gasteiger partial charge on any atom is -0.478 e. The highest BCUT2D eigenvalue weighted by atomic mass is 16.4. The lowest BCUT2D eigenvalue weighted by Crippen LogP contribution is -2.49. The van der Waals surface area contributed by atoms with Crippen LogP contribution in [0.2, 0.25) is 0 Å². The molecule has 0 aliphatic heterocycles. The van der Waals surface area contributed by atoms with Crippen molar-refractivity contribution in [2.24, 2.45) is 0 Å². The minimum atomic E-state index is -1.50. The van der Waals surface area contributed by atoms with Gasteiger partial charge in [0.2, 0.25) is 5.54 Å². The zero-order valence-electron chi connectivity index (χ0n) is 15.3. The topological polar surface area (TPSA) is 88.1 Å². The van der Waals surface area contributed by atoms with Gasteiger partial charge in [0.1, 0.15) is 12.1 Å². The SMILES string of the molecule is Cc1ccc(N(C)C(C#N)(C#N)C(C/C=C/C(=O)O)c2ccccc2)cc1. The summed E-state index contributed by atoms with van der Waals surface area (Å²) in [6.07, 6.45) is 2.78. The number of nitriles is 2. The van der Waals surface area contributed by atoms with E-state index in [0.29, 0.717) is 0 Å². The first kappa shape index (κ1) is 19.8. The highest BCUT2D eigenvalue weighted by molar-refractivity contribution is 5.79. The van der Waals surface area contributed by atoms with Gasteiger partial charge in [0.15, 0.2) is 0 Å². The number of likely N-dealkylation sites (N-methyl/N-ethyl adjacent to an activating group) is 1. The molecule has 0 spiro atoms. The molecule has 2 aromatic carbocycles. The van der Waals surface area contributed by atoms with Gasteiger partial charge in [-0.15, -0.1) is 0 Å². The van der Waals surface area contributed by atoms with Gasteiger partial charge in [-0.1, -0.05) is 54.1 Å². The lowest BCUT2D eigenvalue weighted by molar-refractivity contribution is -0.131. The molecule has 1 atom stereocenters. The van der Waals surface area contributed by atoms with E-state index in [9.17, 15) is 15.3 Å². The summed E-state index contributed by atoms with van der Waals surface area (Å²) in [6, 6.07) is 21.2. The first-order valence-corrected chi connectivity index (χ1v) is 8.52. The molecule has 0 fully saturated rings. The Hall–Kier alpha value is -3.57. The maximum absolute atomic E-state index is 10.9. The molecule has 0 aliphatic carbocycles. The van der Waals surface area contributed by atoms with Crippen LogP contribution in [0.5, 0.6) is 0 Å². The number of hydrogen-bond donors (Lipinski definition) is 1. The maximum Gasteiger partial charge on any atom is 0.327 e. The fourth-order valence-corrected chi connectivity index (χ4v) is 3.07. The molecule has 0 saturated heterocycles. The summed E-state index contributed by atoms with van der Waals surface area (Å²) in [5, 5.41) is 29.0. The van der Waals surface area contributed by atoms with Gasteiger partial charge in [0.25, 0.3) is 0 Å². The van der Waals surface area contributed by atoms with Crippen molar-refractivity contribution in [2.45, 2.75) is 24.8 Å². The Bertz CT molecular complexity index is 876. The predicted molar refractivity (Wildman–Crippen MR) is 104 cm³/mol. The molecule has 0 aromatic heterocycles. The third-order valence-corrected chi connectivity index (χ3v) is 4.63. The molecule has 0 heterocycles. The Balaban J connectivity index is 2.55. The summed E-state index contributed by atoms with van der Waals surface area (Å²) < 4.78 is 0. The van der Waals surface area contributed by atoms with E-state index in [-0.39, 0.29) is 6.42 Å². The van der Waals surface area contributed by atoms with E-state index in [0.717, 1.165) is 22.9 Å². The van der Waals surface area contributed by atoms with Gasteiger partial charge in [-0.25, -0.2) is 4.79 Å². The quantitative estimate of drug-likeness (QED) is 0.754. The van der Waals surface area contributed by atoms with Crippen LogP contribution < -0.4 is 4.90 Å². The molecule has 1 N–H and O–H groups in total. The average Bonchev–Trinajstić information content (AvgIpc) is 2.68. The number of nitrogens with zero attached hydrogens (tertiary/aromatic N) is 3. The van der Waals surface area contributed by atoms with Crippen LogP contribution in [0, 0.1) is 29.6 Å². The maximum atomic E-state index is 10.9. The van der Waals surface area contributed by atoms with Crippen molar-refractivity contribution in [3.05, 3.63) is 77.9 Å². The lowest BCUT2D eigenvalue weighted by atomic mass is 9.77. The fourth-order valence-electron chi connectivity index (χ4n) is 3.07. The Morgan fingerprint density at radius 2 is 1.74 bits per heavy atom. The van der Waals surface area contributed by atoms with Gasteiger partial charge >= 0.3 is 5.97 Å². The molecule has 0 aliphatic rings. The second-order valence-electron chi connectivity index (χ2n) is 6.32. The van der Waals surface area contributed by atoms with Crippen molar-refractivity contribution in [3.63, 3.8) is 0 Å². The second kappa shape index (κ2) is 8.69. The van der Waals surface area contributed by atoms with E-state index in [2.05, 4.69) is 12.1 Å². The zero-order chi connectivity index (χ0) is 19.9. The third-order valence-electron chi connectivity index (χ3n) is 4.63. The van der Waals surface area contributed by atoms with Crippen molar-refractivity contribution < 1.29 is 9.90 Å². The van der Waals surface area contributed by atoms with Crippen molar-refractivity contribution in [2.75, 3.05) is 11.9 Å². The zero-order valence-corrected chi connectivity index (χ0v) is 15.3. The highest BCUT2D eigenvalue weighted by Crippen LogP contribution is 2.38. The van der Waals surface area contributed by atoms with Crippen molar-refractivity contribution in [3.8, 4) is 12.1 Å². The molecule has 0 radical (unpaired) electrons. The molecule has 0 bridgehead atoms. The number of carboxylic acid groups (broad SMARTS) is 1. The highest BCUT2D eigenvalue weighted by Gasteiger charge is 2.44. The first-order chi connectivity index (χ1) is 12.9. The molecule has 27 heavy (non-hydrogen) atoms. The molecule has 0 amide bonds. The van der Waals surface area contributed by atoms with Crippen LogP contribution >= 0.6 is 0 Å². The van der Waals surface area contributed by atoms with Crippen LogP contribution in [-0.2, 0) is 4.79 Å². The molecule has 2 rings (SSSR count). The van der Waals surface area contributed by atoms with Gasteiger partial charge in [-0.2, -0.15) is 10.5 Å². The van der Waals surface area contributed by atoms with Crippen LogP contribution in [0.15, 0.2) is 66.7 Å². The molecular formula is C22H21N3O2. The second-order valence-corrected chi connectivity index (χ2v) is 6.32. The molecule has 136 valence electrons. The molecule has 0 saturated carbocycles. The van der Waals surface area contributed by atoms with Gasteiger partial charge in [0, 0.05) is 24.7 Å². The van der Waals surface area contributed by atoms with Gasteiger partial charge < -0.3 is 10.0 Å². The summed E-state index contributed by atoms with van der Waals surface area (Å²) in [5.74, 6) is -1.59. The third kappa shape index (κ3) is 4.34. The van der Waals surface area contributed by atoms with Gasteiger partial charge in [-0.05, 0) is 31.0 Å². The van der Waals surface area contributed by atoms with E-state index >= 15 is 0 Å². The summed E-state index contributed by atoms with van der Waals surface area (Å²) in [5.41, 5.74) is 1.12. The van der Waals surface area contributed by atoms with Crippen LogP contribution in [0.1, 0.15) is 23.5 Å². The van der Waals surface area contributed by atoms with Crippen molar-refractivity contribution in [1.82, 2.24) is 0 Å². The summed E-state index contributed by atoms with van der Waals surface area (Å²) in [7, 11) is 1.72. The molecule has 5 heteroatoms. The van der Waals surface area contributed by atoms with E-state index < -0.39 is 17.4 Å². The number of anilines is 1. The number of allylic oxidation sites excluding steroid dienone is 1. The summed E-state index contributed by atoms with van der Waals surface area (Å²) >= 11 is 0. The Kier molecular flexibility index (Phi) is 6.36. The molecular weight excluding hydrogens is 338 g/mol. The fraction of sp³-hybridized carbons (Fsp3) is 0.227. The van der Waals surface area contributed by atoms with E-state index in [1.165, 1.54) is 6.08 Å². The van der Waals surface area contributed by atoms with Crippen LogP contribution in [-0.4, -0.2) is 23.7 Å². The van der Waals surface area contributed by atoms with Crippen LogP contribution in [0.3, 0.4) is 0 Å². The minimum absolute atomic E-state index is 0.244. The number of hydrogen-bond acceptors (Lipinski definition) is 4. The summed E-state index contributed by atoms with van der Waals surface area (Å²) in [4.78, 5) is 12.5. The van der Waals surface area contributed by atoms with E-state index in [1.54, 1.807) is 11.9 Å². The number of aliphatic carboxylic acids is 1. The normalized spacial score (nSPS) is 12.1. The number of rotatable bonds is 7. The number of aryl methyl sites for hydroxylation is 1. The van der Waals surface area contributed by atoms with E-state index in [1.807, 2.05) is 61.5 Å². The van der Waals surface area contributed by atoms with E-state index in [4.69, 9.17) is 5.11 Å². The average molecular weight is 359 g/mol. The predicted octanol–water partition coefficient (Wildman–Crippen LogP) is 4.03. The first-order valence-electron chi connectivity index (χ1n) is 8.52. The number of carbonyl (C=O) groups is 1. The Morgan fingerprint density at radius 3 is 2.26 bits per heavy atom. The molecule has 1 unspecified atom stereocenters. The summed E-state index contributed by atoms with van der Waals surface area (Å²) in [6.45, 7) is 1.97. The standard InChI is InChI=1S/C22H21N3O2/c1-17-11-13-19(14-12-17)25(2)22(15-23,16-24)20(9-6-10-21(26)27)18-7-4-3-5-8-18/h3-8,10-14,20H,9H2,1-2H3,(H,26,27)/b10-6+.